The molecule has 0 spiro atoms. The highest BCUT2D eigenvalue weighted by molar-refractivity contribution is 5.97. The van der Waals surface area contributed by atoms with Crippen molar-refractivity contribution < 1.29 is 31.1 Å². The molecule has 1 nitrogen and oxygen atoms in total. The van der Waals surface area contributed by atoms with Crippen molar-refractivity contribution in [3.63, 3.8) is 0 Å². The molecular formula is C9H8F6O. The van der Waals surface area contributed by atoms with Crippen LogP contribution in [0.15, 0.2) is 11.1 Å². The molecule has 0 aromatic rings. The molecule has 0 N–H and O–H groups in total. The summed E-state index contributed by atoms with van der Waals surface area (Å²) < 4.78 is 73.5. The molecule has 1 fully saturated rings. The summed E-state index contributed by atoms with van der Waals surface area (Å²) in [4.78, 5) is 11.1. The zero-order valence-corrected chi connectivity index (χ0v) is 8.00. The van der Waals surface area contributed by atoms with E-state index in [0.29, 0.717) is 6.42 Å². The summed E-state index contributed by atoms with van der Waals surface area (Å²) in [6, 6.07) is 0. The number of hydrogen-bond acceptors (Lipinski definition) is 1. The largest absolute Gasteiger partial charge is 0.421 e. The Morgan fingerprint density at radius 3 is 1.69 bits per heavy atom. The molecule has 0 bridgehead atoms. The third kappa shape index (κ3) is 2.76. The van der Waals surface area contributed by atoms with Crippen molar-refractivity contribution in [3.8, 4) is 0 Å². The van der Waals surface area contributed by atoms with E-state index in [-0.39, 0.29) is 12.8 Å². The molecule has 0 saturated heterocycles. The van der Waals surface area contributed by atoms with Gasteiger partial charge in [0.15, 0.2) is 5.78 Å². The van der Waals surface area contributed by atoms with E-state index < -0.39 is 35.7 Å². The Balaban J connectivity index is 3.28. The van der Waals surface area contributed by atoms with E-state index >= 15 is 0 Å². The summed E-state index contributed by atoms with van der Waals surface area (Å²) >= 11 is 0. The standard InChI is InChI=1S/C9H8F6O/c10-8(11,12)7(9(13,14)15)5-3-1-2-4-6(5)16/h1-4H2. The minimum Gasteiger partial charge on any atom is -0.295 e. The van der Waals surface area contributed by atoms with Crippen molar-refractivity contribution in [1.82, 2.24) is 0 Å². The van der Waals surface area contributed by atoms with E-state index in [2.05, 4.69) is 0 Å². The number of ketones is 1. The maximum absolute atomic E-state index is 12.2. The Morgan fingerprint density at radius 1 is 0.875 bits per heavy atom. The number of hydrogen-bond donors (Lipinski definition) is 0. The maximum atomic E-state index is 12.2. The Labute approximate surface area is 87.1 Å². The molecule has 1 rings (SSSR count). The van der Waals surface area contributed by atoms with Gasteiger partial charge >= 0.3 is 12.4 Å². The van der Waals surface area contributed by atoms with Crippen LogP contribution < -0.4 is 0 Å². The molecule has 0 heterocycles. The molecule has 0 atom stereocenters. The first-order valence-electron chi connectivity index (χ1n) is 4.55. The van der Waals surface area contributed by atoms with E-state index in [4.69, 9.17) is 0 Å². The molecule has 0 aromatic carbocycles. The topological polar surface area (TPSA) is 17.1 Å². The highest BCUT2D eigenvalue weighted by Crippen LogP contribution is 2.43. The summed E-state index contributed by atoms with van der Waals surface area (Å²) in [5, 5.41) is 0. The van der Waals surface area contributed by atoms with Gasteiger partial charge in [0.05, 0.1) is 0 Å². The van der Waals surface area contributed by atoms with Gasteiger partial charge in [-0.25, -0.2) is 0 Å². The zero-order valence-electron chi connectivity index (χ0n) is 8.00. The van der Waals surface area contributed by atoms with Crippen LogP contribution >= 0.6 is 0 Å². The second kappa shape index (κ2) is 4.10. The minimum atomic E-state index is -5.53. The van der Waals surface area contributed by atoms with Crippen LogP contribution in [0.25, 0.3) is 0 Å². The summed E-state index contributed by atoms with van der Waals surface area (Å²) in [6.45, 7) is 0. The average molecular weight is 246 g/mol. The molecule has 1 saturated carbocycles. The van der Waals surface area contributed by atoms with E-state index in [0.717, 1.165) is 0 Å². The Bertz CT molecular complexity index is 306. The van der Waals surface area contributed by atoms with Crippen LogP contribution in [-0.4, -0.2) is 18.1 Å². The van der Waals surface area contributed by atoms with Crippen LogP contribution in [0, 0.1) is 0 Å². The number of halogens is 6. The van der Waals surface area contributed by atoms with Crippen molar-refractivity contribution in [1.29, 1.82) is 0 Å². The second-order valence-electron chi connectivity index (χ2n) is 3.48. The first-order chi connectivity index (χ1) is 7.14. The van der Waals surface area contributed by atoms with E-state index in [1.165, 1.54) is 0 Å². The Hall–Kier alpha value is -1.01. The van der Waals surface area contributed by atoms with Crippen molar-refractivity contribution in [2.24, 2.45) is 0 Å². The molecule has 0 radical (unpaired) electrons. The zero-order chi connectivity index (χ0) is 12.6. The number of carbonyl (C=O) groups excluding carboxylic acids is 1. The average Bonchev–Trinajstić information content (AvgIpc) is 2.03. The van der Waals surface area contributed by atoms with Gasteiger partial charge in [-0.3, -0.25) is 4.79 Å². The second-order valence-corrected chi connectivity index (χ2v) is 3.48. The molecule has 0 unspecified atom stereocenters. The van der Waals surface area contributed by atoms with Gasteiger partial charge in [0, 0.05) is 12.0 Å². The number of alkyl halides is 6. The van der Waals surface area contributed by atoms with Crippen LogP contribution in [-0.2, 0) is 4.79 Å². The van der Waals surface area contributed by atoms with Gasteiger partial charge in [-0.2, -0.15) is 26.3 Å². The lowest BCUT2D eigenvalue weighted by Gasteiger charge is -2.21. The maximum Gasteiger partial charge on any atom is 0.421 e. The molecule has 16 heavy (non-hydrogen) atoms. The van der Waals surface area contributed by atoms with E-state index in [1.807, 2.05) is 0 Å². The number of carbonyl (C=O) groups is 1. The monoisotopic (exact) mass is 246 g/mol. The van der Waals surface area contributed by atoms with Crippen LogP contribution in [0.2, 0.25) is 0 Å². The molecule has 0 aromatic heterocycles. The van der Waals surface area contributed by atoms with Gasteiger partial charge in [0.2, 0.25) is 0 Å². The van der Waals surface area contributed by atoms with Gasteiger partial charge < -0.3 is 0 Å². The highest BCUT2D eigenvalue weighted by atomic mass is 19.4. The van der Waals surface area contributed by atoms with Crippen molar-refractivity contribution >= 4 is 5.78 Å². The molecular weight excluding hydrogens is 238 g/mol. The summed E-state index contributed by atoms with van der Waals surface area (Å²) in [5.41, 5.74) is -3.75. The Kier molecular flexibility index (Phi) is 3.35. The molecule has 92 valence electrons. The first-order valence-corrected chi connectivity index (χ1v) is 4.55. The van der Waals surface area contributed by atoms with Crippen molar-refractivity contribution in [3.05, 3.63) is 11.1 Å². The molecule has 1 aliphatic rings. The summed E-state index contributed by atoms with van der Waals surface area (Å²) in [5.74, 6) is -1.05. The van der Waals surface area contributed by atoms with Gasteiger partial charge in [-0.15, -0.1) is 0 Å². The van der Waals surface area contributed by atoms with Crippen molar-refractivity contribution in [2.75, 3.05) is 0 Å². The van der Waals surface area contributed by atoms with Crippen LogP contribution in [0.3, 0.4) is 0 Å². The molecule has 0 amide bonds. The fraction of sp³-hybridized carbons (Fsp3) is 0.667. The summed E-state index contributed by atoms with van der Waals surface area (Å²) in [7, 11) is 0. The quantitative estimate of drug-likeness (QED) is 0.472. The van der Waals surface area contributed by atoms with Crippen LogP contribution in [0.5, 0.6) is 0 Å². The molecule has 1 aliphatic carbocycles. The van der Waals surface area contributed by atoms with E-state index in [9.17, 15) is 31.1 Å². The fourth-order valence-electron chi connectivity index (χ4n) is 1.64. The lowest BCUT2D eigenvalue weighted by molar-refractivity contribution is -0.174. The van der Waals surface area contributed by atoms with E-state index in [1.54, 1.807) is 0 Å². The first kappa shape index (κ1) is 13.1. The number of Topliss-reactive ketones (excluding diaryl/α,β-unsaturated/α-hetero) is 1. The van der Waals surface area contributed by atoms with Gasteiger partial charge in [0.1, 0.15) is 5.57 Å². The fourth-order valence-corrected chi connectivity index (χ4v) is 1.64. The minimum absolute atomic E-state index is 0.177. The number of allylic oxidation sites excluding steroid dienone is 2. The normalized spacial score (nSPS) is 18.9. The number of rotatable bonds is 0. The van der Waals surface area contributed by atoms with Crippen molar-refractivity contribution in [2.45, 2.75) is 38.0 Å². The molecule has 7 heteroatoms. The highest BCUT2D eigenvalue weighted by Gasteiger charge is 2.53. The molecule has 0 aliphatic heterocycles. The predicted octanol–water partition coefficient (Wildman–Crippen LogP) is 3.55. The van der Waals surface area contributed by atoms with Gasteiger partial charge in [0.25, 0.3) is 0 Å². The third-order valence-corrected chi connectivity index (χ3v) is 2.29. The predicted molar refractivity (Wildman–Crippen MR) is 42.6 cm³/mol. The Morgan fingerprint density at radius 2 is 1.31 bits per heavy atom. The summed E-state index contributed by atoms with van der Waals surface area (Å²) in [6.07, 6.45) is -11.2. The van der Waals surface area contributed by atoms with Crippen LogP contribution in [0.4, 0.5) is 26.3 Å². The lowest BCUT2D eigenvalue weighted by Crippen LogP contribution is -2.30. The third-order valence-electron chi connectivity index (χ3n) is 2.29. The SMILES string of the molecule is O=C1CCCCC1=C(C(F)(F)F)C(F)(F)F. The lowest BCUT2D eigenvalue weighted by atomic mass is 9.89. The van der Waals surface area contributed by atoms with Crippen LogP contribution in [0.1, 0.15) is 25.7 Å². The smallest absolute Gasteiger partial charge is 0.295 e. The van der Waals surface area contributed by atoms with Gasteiger partial charge in [-0.05, 0) is 19.3 Å². The van der Waals surface area contributed by atoms with Gasteiger partial charge in [-0.1, -0.05) is 0 Å².